The molecule has 7 heteroatoms. The Kier molecular flexibility index (Phi) is 6.08. The highest BCUT2D eigenvalue weighted by Crippen LogP contribution is 2.11. The minimum Gasteiger partial charge on any atom is -0.360 e. The number of hydrogen-bond acceptors (Lipinski definition) is 6. The first kappa shape index (κ1) is 16.3. The summed E-state index contributed by atoms with van der Waals surface area (Å²) in [6.07, 6.45) is 2.78. The number of rotatable bonds is 6. The summed E-state index contributed by atoms with van der Waals surface area (Å²) < 4.78 is 5.23. The standard InChI is InChI=1S/C14H24N4O2S/c1-11-9-12(20-16-11)10-17-4-6-18(7-5-17)14(19)13(15)3-8-21-2/h9,13H,3-8,10,15H2,1-2H3/t13-/m0/s1. The zero-order valence-electron chi connectivity index (χ0n) is 12.7. The van der Waals surface area contributed by atoms with Crippen LogP contribution >= 0.6 is 11.8 Å². The summed E-state index contributed by atoms with van der Waals surface area (Å²) in [5, 5.41) is 3.89. The maximum Gasteiger partial charge on any atom is 0.239 e. The molecule has 1 saturated heterocycles. The second-order valence-electron chi connectivity index (χ2n) is 5.42. The SMILES string of the molecule is CSCC[C@H](N)C(=O)N1CCN(Cc2cc(C)no2)CC1. The van der Waals surface area contributed by atoms with E-state index < -0.39 is 0 Å². The van der Waals surface area contributed by atoms with Gasteiger partial charge in [-0.1, -0.05) is 5.16 Å². The maximum atomic E-state index is 12.2. The highest BCUT2D eigenvalue weighted by atomic mass is 32.2. The Morgan fingerprint density at radius 2 is 2.19 bits per heavy atom. The molecule has 2 rings (SSSR count). The van der Waals surface area contributed by atoms with Gasteiger partial charge in [0, 0.05) is 32.2 Å². The Bertz CT molecular complexity index is 458. The molecule has 1 amide bonds. The number of piperazine rings is 1. The van der Waals surface area contributed by atoms with Gasteiger partial charge in [0.05, 0.1) is 18.3 Å². The van der Waals surface area contributed by atoms with Gasteiger partial charge in [-0.3, -0.25) is 9.69 Å². The van der Waals surface area contributed by atoms with E-state index >= 15 is 0 Å². The van der Waals surface area contributed by atoms with E-state index in [1.54, 1.807) is 11.8 Å². The molecule has 1 fully saturated rings. The molecule has 1 aliphatic heterocycles. The topological polar surface area (TPSA) is 75.6 Å². The fourth-order valence-corrected chi connectivity index (χ4v) is 2.93. The van der Waals surface area contributed by atoms with Gasteiger partial charge in [0.15, 0.2) is 5.76 Å². The van der Waals surface area contributed by atoms with Crippen LogP contribution in [0.5, 0.6) is 0 Å². The number of aromatic nitrogens is 1. The van der Waals surface area contributed by atoms with Crippen LogP contribution < -0.4 is 5.73 Å². The van der Waals surface area contributed by atoms with Crippen molar-refractivity contribution in [1.29, 1.82) is 0 Å². The Morgan fingerprint density at radius 1 is 1.48 bits per heavy atom. The molecule has 1 aromatic heterocycles. The Hall–Kier alpha value is -1.05. The van der Waals surface area contributed by atoms with E-state index in [0.29, 0.717) is 0 Å². The molecular formula is C14H24N4O2S. The first-order chi connectivity index (χ1) is 10.1. The van der Waals surface area contributed by atoms with Crippen molar-refractivity contribution >= 4 is 17.7 Å². The molecule has 1 aromatic rings. The van der Waals surface area contributed by atoms with Crippen LogP contribution in [-0.4, -0.2) is 65.1 Å². The second-order valence-corrected chi connectivity index (χ2v) is 6.41. The molecule has 0 bridgehead atoms. The molecule has 0 saturated carbocycles. The minimum absolute atomic E-state index is 0.0826. The average Bonchev–Trinajstić information content (AvgIpc) is 2.90. The molecule has 118 valence electrons. The van der Waals surface area contributed by atoms with Crippen molar-refractivity contribution in [3.63, 3.8) is 0 Å². The number of amides is 1. The third kappa shape index (κ3) is 4.72. The van der Waals surface area contributed by atoms with Crippen LogP contribution in [0.4, 0.5) is 0 Å². The molecule has 21 heavy (non-hydrogen) atoms. The van der Waals surface area contributed by atoms with Crippen LogP contribution in [0.1, 0.15) is 17.9 Å². The molecule has 2 N–H and O–H groups in total. The predicted octanol–water partition coefficient (Wildman–Crippen LogP) is 0.708. The third-order valence-electron chi connectivity index (χ3n) is 3.69. The molecular weight excluding hydrogens is 288 g/mol. The third-order valence-corrected chi connectivity index (χ3v) is 4.33. The lowest BCUT2D eigenvalue weighted by atomic mass is 10.2. The van der Waals surface area contributed by atoms with Crippen molar-refractivity contribution < 1.29 is 9.32 Å². The van der Waals surface area contributed by atoms with Crippen molar-refractivity contribution in [2.24, 2.45) is 5.73 Å². The van der Waals surface area contributed by atoms with Crippen molar-refractivity contribution in [1.82, 2.24) is 15.0 Å². The number of nitrogens with two attached hydrogens (primary N) is 1. The molecule has 0 spiro atoms. The highest BCUT2D eigenvalue weighted by molar-refractivity contribution is 7.98. The van der Waals surface area contributed by atoms with Crippen LogP contribution in [0.2, 0.25) is 0 Å². The van der Waals surface area contributed by atoms with Gasteiger partial charge >= 0.3 is 0 Å². The first-order valence-corrected chi connectivity index (χ1v) is 8.67. The van der Waals surface area contributed by atoms with Crippen LogP contribution in [0.15, 0.2) is 10.6 Å². The number of thioether (sulfide) groups is 1. The van der Waals surface area contributed by atoms with E-state index in [9.17, 15) is 4.79 Å². The number of carbonyl (C=O) groups excluding carboxylic acids is 1. The first-order valence-electron chi connectivity index (χ1n) is 7.28. The Balaban J connectivity index is 1.76. The summed E-state index contributed by atoms with van der Waals surface area (Å²) in [5.74, 6) is 1.89. The van der Waals surface area contributed by atoms with E-state index in [2.05, 4.69) is 10.1 Å². The smallest absolute Gasteiger partial charge is 0.239 e. The van der Waals surface area contributed by atoms with Crippen molar-refractivity contribution in [3.05, 3.63) is 17.5 Å². The molecule has 1 atom stereocenters. The van der Waals surface area contributed by atoms with Gasteiger partial charge in [0.25, 0.3) is 0 Å². The summed E-state index contributed by atoms with van der Waals surface area (Å²) in [6.45, 7) is 5.83. The highest BCUT2D eigenvalue weighted by Gasteiger charge is 2.25. The fourth-order valence-electron chi connectivity index (χ4n) is 2.44. The molecule has 0 radical (unpaired) electrons. The van der Waals surface area contributed by atoms with Crippen LogP contribution in [0, 0.1) is 6.92 Å². The van der Waals surface area contributed by atoms with E-state index in [4.69, 9.17) is 10.3 Å². The lowest BCUT2D eigenvalue weighted by Gasteiger charge is -2.35. The Morgan fingerprint density at radius 3 is 2.76 bits per heavy atom. The molecule has 2 heterocycles. The van der Waals surface area contributed by atoms with Gasteiger partial charge in [-0.25, -0.2) is 0 Å². The second kappa shape index (κ2) is 7.82. The van der Waals surface area contributed by atoms with E-state index in [1.807, 2.05) is 24.1 Å². The molecule has 0 aromatic carbocycles. The normalized spacial score (nSPS) is 18.0. The number of hydrogen-bond donors (Lipinski definition) is 1. The van der Waals surface area contributed by atoms with Crippen LogP contribution in [0.25, 0.3) is 0 Å². The minimum atomic E-state index is -0.360. The van der Waals surface area contributed by atoms with Crippen LogP contribution in [-0.2, 0) is 11.3 Å². The van der Waals surface area contributed by atoms with Gasteiger partial charge in [0.2, 0.25) is 5.91 Å². The summed E-state index contributed by atoms with van der Waals surface area (Å²) in [5.41, 5.74) is 6.86. The summed E-state index contributed by atoms with van der Waals surface area (Å²) in [6, 6.07) is 1.59. The summed E-state index contributed by atoms with van der Waals surface area (Å²) >= 11 is 1.72. The average molecular weight is 312 g/mol. The zero-order valence-corrected chi connectivity index (χ0v) is 13.6. The van der Waals surface area contributed by atoms with Crippen LogP contribution in [0.3, 0.4) is 0 Å². The monoisotopic (exact) mass is 312 g/mol. The quantitative estimate of drug-likeness (QED) is 0.834. The molecule has 0 unspecified atom stereocenters. The molecule has 6 nitrogen and oxygen atoms in total. The van der Waals surface area contributed by atoms with Gasteiger partial charge in [-0.2, -0.15) is 11.8 Å². The fraction of sp³-hybridized carbons (Fsp3) is 0.714. The lowest BCUT2D eigenvalue weighted by Crippen LogP contribution is -2.53. The molecule has 0 aliphatic carbocycles. The van der Waals surface area contributed by atoms with Gasteiger partial charge < -0.3 is 15.2 Å². The lowest BCUT2D eigenvalue weighted by molar-refractivity contribution is -0.134. The van der Waals surface area contributed by atoms with E-state index in [-0.39, 0.29) is 11.9 Å². The molecule has 1 aliphatic rings. The summed E-state index contributed by atoms with van der Waals surface area (Å²) in [7, 11) is 0. The number of aryl methyl sites for hydroxylation is 1. The van der Waals surface area contributed by atoms with Crippen molar-refractivity contribution in [2.75, 3.05) is 38.2 Å². The van der Waals surface area contributed by atoms with Gasteiger partial charge in [-0.05, 0) is 25.4 Å². The summed E-state index contributed by atoms with van der Waals surface area (Å²) in [4.78, 5) is 16.4. The number of carbonyl (C=O) groups is 1. The van der Waals surface area contributed by atoms with Gasteiger partial charge in [-0.15, -0.1) is 0 Å². The van der Waals surface area contributed by atoms with Crippen molar-refractivity contribution in [3.8, 4) is 0 Å². The Labute approximate surface area is 130 Å². The predicted molar refractivity (Wildman–Crippen MR) is 84.1 cm³/mol. The van der Waals surface area contributed by atoms with E-state index in [1.165, 1.54) is 0 Å². The van der Waals surface area contributed by atoms with E-state index in [0.717, 1.165) is 56.4 Å². The largest absolute Gasteiger partial charge is 0.360 e. The zero-order chi connectivity index (χ0) is 15.2. The van der Waals surface area contributed by atoms with Gasteiger partial charge in [0.1, 0.15) is 0 Å². The number of nitrogens with zero attached hydrogens (tertiary/aromatic N) is 3. The van der Waals surface area contributed by atoms with Crippen molar-refractivity contribution in [2.45, 2.75) is 25.9 Å². The maximum absolute atomic E-state index is 12.2.